The normalized spacial score (nSPS) is 12.5. The number of para-hydroxylation sites is 4. The molecule has 0 atom stereocenters. The Balaban J connectivity index is 0.939. The molecule has 0 aromatic heterocycles. The van der Waals surface area contributed by atoms with Gasteiger partial charge in [0.2, 0.25) is 0 Å². The summed E-state index contributed by atoms with van der Waals surface area (Å²) >= 11 is 0. The van der Waals surface area contributed by atoms with Gasteiger partial charge in [-0.25, -0.2) is 0 Å². The van der Waals surface area contributed by atoms with Gasteiger partial charge in [-0.2, -0.15) is 0 Å². The largest absolute Gasteiger partial charge is 0.309 e. The number of anilines is 6. The van der Waals surface area contributed by atoms with E-state index in [4.69, 9.17) is 0 Å². The standard InChI is InChI=1S/C68H46N2Si/c1-3-23-53(24-4-1)71(54-25-5-2-6-26-54,55-39-35-51(36-40-55)69-65-31-15-11-27-57(65)61-43-47-19-7-8-20-48(47)44-62(61)58-28-12-16-32-66(58)69)56-41-37-52(38-42-56)70-67-33-17-13-29-59(67)63-45-49-21-9-10-22-50(49)46-64(63)60-30-14-18-34-68(60)70/h1-46H. The third kappa shape index (κ3) is 6.48. The molecule has 0 bridgehead atoms. The van der Waals surface area contributed by atoms with E-state index in [2.05, 4.69) is 289 Å². The molecule has 14 rings (SSSR count). The molecule has 12 aromatic rings. The van der Waals surface area contributed by atoms with E-state index < -0.39 is 8.07 Å². The zero-order chi connectivity index (χ0) is 46.9. The monoisotopic (exact) mass is 918 g/mol. The molecule has 0 saturated carbocycles. The molecule has 0 saturated heterocycles. The van der Waals surface area contributed by atoms with Crippen molar-refractivity contribution < 1.29 is 0 Å². The summed E-state index contributed by atoms with van der Waals surface area (Å²) in [7, 11) is -2.95. The van der Waals surface area contributed by atoms with Crippen LogP contribution >= 0.6 is 0 Å². The topological polar surface area (TPSA) is 6.48 Å². The van der Waals surface area contributed by atoms with Crippen LogP contribution < -0.4 is 30.5 Å². The van der Waals surface area contributed by atoms with Crippen LogP contribution in [0.25, 0.3) is 66.1 Å². The Morgan fingerprint density at radius 2 is 0.437 bits per heavy atom. The number of hydrogen-bond donors (Lipinski definition) is 0. The Hall–Kier alpha value is -9.02. The SMILES string of the molecule is c1ccc([Si](c2ccccc2)(c2ccc(N3c4ccccc4-c4cc5ccccc5cc4-c4ccccc43)cc2)c2ccc(N3c4ccccc4-c4cc5ccccc5cc4-c4ccccc43)cc2)cc1. The summed E-state index contributed by atoms with van der Waals surface area (Å²) in [6, 6.07) is 104. The van der Waals surface area contributed by atoms with Crippen molar-refractivity contribution in [2.75, 3.05) is 9.80 Å². The first kappa shape index (κ1) is 41.0. The van der Waals surface area contributed by atoms with Crippen LogP contribution in [-0.2, 0) is 0 Å². The van der Waals surface area contributed by atoms with Crippen molar-refractivity contribution in [1.82, 2.24) is 0 Å². The average molecular weight is 919 g/mol. The average Bonchev–Trinajstić information content (AvgIpc) is 3.64. The number of benzene rings is 12. The molecule has 0 N–H and O–H groups in total. The highest BCUT2D eigenvalue weighted by atomic mass is 28.3. The highest BCUT2D eigenvalue weighted by molar-refractivity contribution is 7.19. The molecule has 3 heteroatoms. The van der Waals surface area contributed by atoms with Crippen LogP contribution in [0, 0.1) is 0 Å². The molecule has 71 heavy (non-hydrogen) atoms. The molecule has 332 valence electrons. The van der Waals surface area contributed by atoms with E-state index in [-0.39, 0.29) is 0 Å². The highest BCUT2D eigenvalue weighted by Gasteiger charge is 2.42. The fraction of sp³-hybridized carbons (Fsp3) is 0. The first-order valence-corrected chi connectivity index (χ1v) is 26.6. The fourth-order valence-electron chi connectivity index (χ4n) is 11.9. The predicted molar refractivity (Wildman–Crippen MR) is 303 cm³/mol. The van der Waals surface area contributed by atoms with Crippen LogP contribution in [0.1, 0.15) is 0 Å². The Morgan fingerprint density at radius 3 is 0.732 bits per heavy atom. The minimum atomic E-state index is -2.95. The van der Waals surface area contributed by atoms with Crippen molar-refractivity contribution in [2.45, 2.75) is 0 Å². The maximum absolute atomic E-state index is 2.95. The zero-order valence-corrected chi connectivity index (χ0v) is 40.0. The van der Waals surface area contributed by atoms with Gasteiger partial charge in [0.1, 0.15) is 0 Å². The van der Waals surface area contributed by atoms with Gasteiger partial charge in [0.15, 0.2) is 8.07 Å². The summed E-state index contributed by atoms with van der Waals surface area (Å²) in [6.07, 6.45) is 0. The van der Waals surface area contributed by atoms with Gasteiger partial charge in [-0.3, -0.25) is 0 Å². The third-order valence-electron chi connectivity index (χ3n) is 15.0. The minimum Gasteiger partial charge on any atom is -0.309 e. The van der Waals surface area contributed by atoms with Crippen LogP contribution in [0.5, 0.6) is 0 Å². The maximum atomic E-state index is 2.47. The zero-order valence-electron chi connectivity index (χ0n) is 39.0. The molecule has 0 fully saturated rings. The first-order chi connectivity index (χ1) is 35.2. The summed E-state index contributed by atoms with van der Waals surface area (Å²) in [4.78, 5) is 4.94. The summed E-state index contributed by atoms with van der Waals surface area (Å²) in [5.74, 6) is 0. The Morgan fingerprint density at radius 1 is 0.197 bits per heavy atom. The molecule has 0 radical (unpaired) electrons. The highest BCUT2D eigenvalue weighted by Crippen LogP contribution is 2.53. The molecule has 0 amide bonds. The molecule has 2 aliphatic rings. The van der Waals surface area contributed by atoms with Gasteiger partial charge in [-0.15, -0.1) is 0 Å². The quantitative estimate of drug-likeness (QED) is 0.121. The smallest absolute Gasteiger partial charge is 0.179 e. The summed E-state index contributed by atoms with van der Waals surface area (Å²) in [5.41, 5.74) is 16.8. The maximum Gasteiger partial charge on any atom is 0.179 e. The molecule has 0 spiro atoms. The van der Waals surface area contributed by atoms with E-state index >= 15 is 0 Å². The second-order valence-electron chi connectivity index (χ2n) is 18.8. The van der Waals surface area contributed by atoms with Gasteiger partial charge in [-0.1, -0.05) is 206 Å². The second kappa shape index (κ2) is 16.6. The van der Waals surface area contributed by atoms with Crippen LogP contribution in [0.2, 0.25) is 0 Å². The Bertz CT molecular complexity index is 3560. The van der Waals surface area contributed by atoms with Crippen LogP contribution in [-0.4, -0.2) is 8.07 Å². The summed E-state index contributed by atoms with van der Waals surface area (Å²) in [5, 5.41) is 10.3. The minimum absolute atomic E-state index is 1.12. The number of rotatable bonds is 6. The molecular weight excluding hydrogens is 873 g/mol. The Labute approximate surface area is 415 Å². The van der Waals surface area contributed by atoms with E-state index in [1.165, 1.54) is 110 Å². The predicted octanol–water partition coefficient (Wildman–Crippen LogP) is 15.6. The van der Waals surface area contributed by atoms with Crippen LogP contribution in [0.3, 0.4) is 0 Å². The van der Waals surface area contributed by atoms with Crippen molar-refractivity contribution in [1.29, 1.82) is 0 Å². The number of fused-ring (bicyclic) bond motifs is 12. The van der Waals surface area contributed by atoms with Crippen molar-refractivity contribution in [2.24, 2.45) is 0 Å². The fourth-order valence-corrected chi connectivity index (χ4v) is 16.6. The summed E-state index contributed by atoms with van der Waals surface area (Å²) < 4.78 is 0. The van der Waals surface area contributed by atoms with Crippen LogP contribution in [0.4, 0.5) is 34.1 Å². The van der Waals surface area contributed by atoms with E-state index in [0.29, 0.717) is 0 Å². The summed E-state index contributed by atoms with van der Waals surface area (Å²) in [6.45, 7) is 0. The van der Waals surface area contributed by atoms with Gasteiger partial charge in [0, 0.05) is 33.6 Å². The molecule has 2 nitrogen and oxygen atoms in total. The van der Waals surface area contributed by atoms with Crippen molar-refractivity contribution >= 4 is 84.5 Å². The van der Waals surface area contributed by atoms with Crippen molar-refractivity contribution in [3.8, 4) is 44.5 Å². The number of hydrogen-bond acceptors (Lipinski definition) is 2. The lowest BCUT2D eigenvalue weighted by atomic mass is 9.91. The van der Waals surface area contributed by atoms with Crippen molar-refractivity contribution in [3.05, 3.63) is 279 Å². The lowest BCUT2D eigenvalue weighted by molar-refractivity contribution is 1.30. The van der Waals surface area contributed by atoms with Gasteiger partial charge in [0.25, 0.3) is 0 Å². The molecule has 0 unspecified atom stereocenters. The number of nitrogens with zero attached hydrogens (tertiary/aromatic N) is 2. The van der Waals surface area contributed by atoms with Gasteiger partial charge < -0.3 is 9.80 Å². The first-order valence-electron chi connectivity index (χ1n) is 24.6. The molecule has 2 aliphatic heterocycles. The van der Waals surface area contributed by atoms with Crippen LogP contribution in [0.15, 0.2) is 279 Å². The lowest BCUT2D eigenvalue weighted by Gasteiger charge is -2.35. The molecule has 12 aromatic carbocycles. The van der Waals surface area contributed by atoms with E-state index in [9.17, 15) is 0 Å². The lowest BCUT2D eigenvalue weighted by Crippen LogP contribution is -2.74. The van der Waals surface area contributed by atoms with Gasteiger partial charge in [-0.05, 0) is 137 Å². The Kier molecular flexibility index (Phi) is 9.58. The third-order valence-corrected chi connectivity index (χ3v) is 19.8. The molecule has 2 heterocycles. The van der Waals surface area contributed by atoms with E-state index in [1.807, 2.05) is 0 Å². The van der Waals surface area contributed by atoms with Crippen molar-refractivity contribution in [3.63, 3.8) is 0 Å². The van der Waals surface area contributed by atoms with Gasteiger partial charge >= 0.3 is 0 Å². The van der Waals surface area contributed by atoms with E-state index in [1.54, 1.807) is 0 Å². The molecular formula is C68H46N2Si. The second-order valence-corrected chi connectivity index (χ2v) is 22.6. The molecule has 0 aliphatic carbocycles. The van der Waals surface area contributed by atoms with E-state index in [0.717, 1.165) is 11.4 Å². The van der Waals surface area contributed by atoms with Gasteiger partial charge in [0.05, 0.1) is 22.7 Å².